The molecule has 0 spiro atoms. The van der Waals surface area contributed by atoms with E-state index in [-0.39, 0.29) is 6.61 Å². The molecule has 8 atom stereocenters. The molecule has 30 heavy (non-hydrogen) atoms. The molecule has 0 bridgehead atoms. The first-order chi connectivity index (χ1) is 14.7. The predicted molar refractivity (Wildman–Crippen MR) is 109 cm³/mol. The number of hydrogen-bond acceptors (Lipinski definition) is 7. The van der Waals surface area contributed by atoms with Crippen molar-refractivity contribution in [2.24, 2.45) is 5.11 Å². The van der Waals surface area contributed by atoms with Crippen molar-refractivity contribution in [2.45, 2.75) is 53.2 Å². The number of benzene rings is 2. The van der Waals surface area contributed by atoms with Crippen LogP contribution in [0.15, 0.2) is 70.7 Å². The van der Waals surface area contributed by atoms with Gasteiger partial charge in [0.05, 0.1) is 18.8 Å². The normalized spacial score (nSPS) is 37.6. The number of nitrogens with zero attached hydrogens (tertiary/aromatic N) is 3. The molecule has 3 fully saturated rings. The van der Waals surface area contributed by atoms with E-state index in [0.717, 1.165) is 10.5 Å². The highest BCUT2D eigenvalue weighted by Crippen LogP contribution is 2.44. The van der Waals surface area contributed by atoms with Crippen LogP contribution >= 0.6 is 11.8 Å². The van der Waals surface area contributed by atoms with Gasteiger partial charge in [0.2, 0.25) is 0 Å². The monoisotopic (exact) mass is 427 g/mol. The third-order valence-electron chi connectivity index (χ3n) is 5.55. The molecule has 3 aliphatic rings. The molecule has 8 nitrogen and oxygen atoms in total. The lowest BCUT2D eigenvalue weighted by atomic mass is 9.91. The van der Waals surface area contributed by atoms with Crippen molar-refractivity contribution in [1.29, 1.82) is 0 Å². The Morgan fingerprint density at radius 3 is 2.40 bits per heavy atom. The van der Waals surface area contributed by atoms with Gasteiger partial charge in [-0.05, 0) is 17.7 Å². The number of fused-ring (bicyclic) bond motifs is 2. The van der Waals surface area contributed by atoms with E-state index in [1.807, 2.05) is 60.7 Å². The van der Waals surface area contributed by atoms with E-state index in [1.165, 1.54) is 11.8 Å². The predicted octanol–water partition coefficient (Wildman–Crippen LogP) is 3.43. The second-order valence-electron chi connectivity index (χ2n) is 7.40. The topological polar surface area (TPSA) is 106 Å². The van der Waals surface area contributed by atoms with Crippen LogP contribution in [0.1, 0.15) is 11.9 Å². The van der Waals surface area contributed by atoms with Crippen molar-refractivity contribution >= 4 is 11.8 Å². The van der Waals surface area contributed by atoms with Crippen LogP contribution in [0.2, 0.25) is 0 Å². The van der Waals surface area contributed by atoms with Crippen molar-refractivity contribution in [3.05, 3.63) is 76.7 Å². The highest BCUT2D eigenvalue weighted by atomic mass is 32.2. The Labute approximate surface area is 177 Å². The zero-order chi connectivity index (χ0) is 20.5. The third-order valence-corrected chi connectivity index (χ3v) is 6.71. The fraction of sp³-hybridized carbons (Fsp3) is 0.429. The van der Waals surface area contributed by atoms with E-state index < -0.39 is 48.3 Å². The summed E-state index contributed by atoms with van der Waals surface area (Å²) in [6.45, 7) is 0.272. The van der Waals surface area contributed by atoms with Gasteiger partial charge in [0.1, 0.15) is 29.9 Å². The van der Waals surface area contributed by atoms with Crippen LogP contribution in [0.4, 0.5) is 0 Å². The molecular formula is C21H21N3O5S. The number of thioether (sulfide) groups is 1. The highest BCUT2D eigenvalue weighted by Gasteiger charge is 2.57. The fourth-order valence-electron chi connectivity index (χ4n) is 4.15. The Balaban J connectivity index is 1.37. The second-order valence-corrected chi connectivity index (χ2v) is 8.57. The summed E-state index contributed by atoms with van der Waals surface area (Å²) in [7, 11) is 0. The molecule has 3 saturated heterocycles. The van der Waals surface area contributed by atoms with Crippen LogP contribution in [0.5, 0.6) is 0 Å². The number of aliphatic hydroxyl groups is 1. The Morgan fingerprint density at radius 2 is 1.67 bits per heavy atom. The standard InChI is InChI=1S/C21H21N3O5S/c22-24-23-15-17-14(11-26-20(28-17)12-7-3-1-4-8-12)27-19-16(25)21(29-18(15)19)30-13-9-5-2-6-10-13/h1-10,14-21,25H,11H2/t14-,15-,16-,17+,18-,19+,20+,21-/m1/s1. The first-order valence-corrected chi connectivity index (χ1v) is 10.7. The lowest BCUT2D eigenvalue weighted by molar-refractivity contribution is -0.304. The molecule has 5 rings (SSSR count). The third kappa shape index (κ3) is 3.70. The van der Waals surface area contributed by atoms with Crippen LogP contribution in [-0.2, 0) is 18.9 Å². The molecule has 1 N–H and O–H groups in total. The van der Waals surface area contributed by atoms with E-state index in [4.69, 9.17) is 18.9 Å². The average Bonchev–Trinajstić information content (AvgIpc) is 3.10. The summed E-state index contributed by atoms with van der Waals surface area (Å²) in [5, 5.41) is 14.9. The maximum atomic E-state index is 10.9. The molecule has 0 amide bonds. The minimum absolute atomic E-state index is 0.272. The molecule has 156 valence electrons. The summed E-state index contributed by atoms with van der Waals surface area (Å²) in [5.41, 5.74) is 9.53. The number of aliphatic hydroxyl groups excluding tert-OH is 1. The molecule has 3 heterocycles. The lowest BCUT2D eigenvalue weighted by Crippen LogP contribution is -2.61. The van der Waals surface area contributed by atoms with Gasteiger partial charge in [-0.25, -0.2) is 0 Å². The number of rotatable bonds is 4. The molecule has 0 radical (unpaired) electrons. The zero-order valence-corrected chi connectivity index (χ0v) is 16.7. The van der Waals surface area contributed by atoms with E-state index in [9.17, 15) is 10.6 Å². The number of ether oxygens (including phenoxy) is 4. The van der Waals surface area contributed by atoms with Crippen molar-refractivity contribution in [3.8, 4) is 0 Å². The summed E-state index contributed by atoms with van der Waals surface area (Å²) < 4.78 is 24.3. The summed E-state index contributed by atoms with van der Waals surface area (Å²) in [6.07, 6.45) is -3.67. The van der Waals surface area contributed by atoms with Crippen LogP contribution in [0, 0.1) is 0 Å². The maximum Gasteiger partial charge on any atom is 0.184 e. The smallest absolute Gasteiger partial charge is 0.184 e. The van der Waals surface area contributed by atoms with Crippen LogP contribution in [0.25, 0.3) is 10.4 Å². The molecular weight excluding hydrogens is 406 g/mol. The van der Waals surface area contributed by atoms with Crippen LogP contribution < -0.4 is 0 Å². The quantitative estimate of drug-likeness (QED) is 0.455. The maximum absolute atomic E-state index is 10.9. The molecule has 0 aliphatic carbocycles. The van der Waals surface area contributed by atoms with E-state index in [2.05, 4.69) is 10.0 Å². The first-order valence-electron chi connectivity index (χ1n) is 9.81. The number of azide groups is 1. The molecule has 2 aromatic rings. The molecule has 9 heteroatoms. The molecule has 0 saturated carbocycles. The van der Waals surface area contributed by atoms with E-state index >= 15 is 0 Å². The first kappa shape index (κ1) is 19.8. The Bertz CT molecular complexity index is 913. The SMILES string of the molecule is [N-]=[N+]=N[C@H]1[C@H]2O[C@H](Sc3ccccc3)[C@H](O)[C@@H]2O[C@@H]2CO[C@H](c3ccccc3)O[C@H]12. The highest BCUT2D eigenvalue weighted by molar-refractivity contribution is 7.99. The Morgan fingerprint density at radius 1 is 0.933 bits per heavy atom. The van der Waals surface area contributed by atoms with Gasteiger partial charge in [0.25, 0.3) is 0 Å². The molecule has 2 aromatic carbocycles. The van der Waals surface area contributed by atoms with Gasteiger partial charge in [-0.2, -0.15) is 0 Å². The van der Waals surface area contributed by atoms with E-state index in [0.29, 0.717) is 0 Å². The fourth-order valence-corrected chi connectivity index (χ4v) is 5.21. The Kier molecular flexibility index (Phi) is 5.66. The van der Waals surface area contributed by atoms with Crippen molar-refractivity contribution in [1.82, 2.24) is 0 Å². The van der Waals surface area contributed by atoms with Gasteiger partial charge in [0.15, 0.2) is 6.29 Å². The summed E-state index contributed by atoms with van der Waals surface area (Å²) in [5.74, 6) is 0. The summed E-state index contributed by atoms with van der Waals surface area (Å²) >= 11 is 1.42. The van der Waals surface area contributed by atoms with Gasteiger partial charge >= 0.3 is 0 Å². The summed E-state index contributed by atoms with van der Waals surface area (Å²) in [4.78, 5) is 4.00. The van der Waals surface area contributed by atoms with Crippen molar-refractivity contribution in [2.75, 3.05) is 6.61 Å². The molecule has 0 aromatic heterocycles. The minimum Gasteiger partial charge on any atom is -0.387 e. The van der Waals surface area contributed by atoms with Gasteiger partial charge in [-0.3, -0.25) is 0 Å². The zero-order valence-electron chi connectivity index (χ0n) is 15.9. The average molecular weight is 427 g/mol. The van der Waals surface area contributed by atoms with Crippen LogP contribution in [0.3, 0.4) is 0 Å². The summed E-state index contributed by atoms with van der Waals surface area (Å²) in [6, 6.07) is 18.6. The Hall–Kier alpha value is -2.10. The van der Waals surface area contributed by atoms with Gasteiger partial charge < -0.3 is 24.1 Å². The van der Waals surface area contributed by atoms with Gasteiger partial charge in [-0.15, -0.1) is 0 Å². The molecule has 3 aliphatic heterocycles. The second kappa shape index (κ2) is 8.56. The molecule has 0 unspecified atom stereocenters. The van der Waals surface area contributed by atoms with Gasteiger partial charge in [0, 0.05) is 15.4 Å². The van der Waals surface area contributed by atoms with E-state index in [1.54, 1.807) is 0 Å². The van der Waals surface area contributed by atoms with Crippen molar-refractivity contribution < 1.29 is 24.1 Å². The van der Waals surface area contributed by atoms with Gasteiger partial charge in [-0.1, -0.05) is 65.4 Å². The van der Waals surface area contributed by atoms with Crippen molar-refractivity contribution in [3.63, 3.8) is 0 Å². The lowest BCUT2D eigenvalue weighted by Gasteiger charge is -2.46. The minimum atomic E-state index is -0.871. The van der Waals surface area contributed by atoms with Crippen LogP contribution in [-0.4, -0.2) is 53.7 Å². The largest absolute Gasteiger partial charge is 0.387 e. The number of hydrogen-bond donors (Lipinski definition) is 1.